The Bertz CT molecular complexity index is 787. The third-order valence-corrected chi connectivity index (χ3v) is 3.86. The van der Waals surface area contributed by atoms with Gasteiger partial charge in [0, 0.05) is 28.7 Å². The van der Waals surface area contributed by atoms with Crippen LogP contribution in [0.5, 0.6) is 0 Å². The number of aliphatic hydroxyl groups excluding tert-OH is 1. The Morgan fingerprint density at radius 2 is 2.30 bits per heavy atom. The Morgan fingerprint density at radius 3 is 2.91 bits per heavy atom. The molecule has 3 unspecified atom stereocenters. The van der Waals surface area contributed by atoms with Crippen LogP contribution < -0.4 is 16.4 Å². The second kappa shape index (κ2) is 6.70. The fraction of sp³-hybridized carbons (Fsp3) is 0.688. The molecule has 0 aliphatic heterocycles. The molecule has 1 heterocycles. The Labute approximate surface area is 148 Å². The second-order valence-corrected chi connectivity index (χ2v) is 5.95. The minimum atomic E-state index is -3.28. The van der Waals surface area contributed by atoms with E-state index in [4.69, 9.17) is 16.7 Å². The first-order chi connectivity index (χ1) is 14.1. The van der Waals surface area contributed by atoms with Crippen LogP contribution in [0.25, 0.3) is 0 Å². The van der Waals surface area contributed by atoms with Gasteiger partial charge in [0.1, 0.15) is 5.82 Å². The first-order valence-electron chi connectivity index (χ1n) is 11.5. The largest absolute Gasteiger partial charge is 0.393 e. The highest BCUT2D eigenvalue weighted by Gasteiger charge is 2.27. The summed E-state index contributed by atoms with van der Waals surface area (Å²) < 4.78 is 61.4. The van der Waals surface area contributed by atoms with Gasteiger partial charge in [-0.05, 0) is 45.8 Å². The van der Waals surface area contributed by atoms with Crippen molar-refractivity contribution in [3.8, 4) is 0 Å². The molecule has 1 aliphatic carbocycles. The van der Waals surface area contributed by atoms with E-state index in [2.05, 4.69) is 20.6 Å². The van der Waals surface area contributed by atoms with E-state index in [0.717, 1.165) is 12.6 Å². The van der Waals surface area contributed by atoms with Gasteiger partial charge in [-0.2, -0.15) is 4.98 Å². The van der Waals surface area contributed by atoms with E-state index >= 15 is 0 Å². The van der Waals surface area contributed by atoms with E-state index in [-0.39, 0.29) is 23.3 Å². The molecular formula is C16H27N5O2. The smallest absolute Gasteiger partial charge is 0.254 e. The predicted molar refractivity (Wildman–Crippen MR) is 90.4 cm³/mol. The molecule has 7 nitrogen and oxygen atoms in total. The van der Waals surface area contributed by atoms with Crippen LogP contribution in [-0.4, -0.2) is 38.7 Å². The Kier molecular flexibility index (Phi) is 2.74. The predicted octanol–water partition coefficient (Wildman–Crippen LogP) is 1.75. The van der Waals surface area contributed by atoms with Gasteiger partial charge in [-0.25, -0.2) is 4.98 Å². The second-order valence-electron chi connectivity index (χ2n) is 5.95. The lowest BCUT2D eigenvalue weighted by molar-refractivity contribution is 0.0739. The van der Waals surface area contributed by atoms with Crippen molar-refractivity contribution in [3.05, 3.63) is 11.8 Å². The van der Waals surface area contributed by atoms with Crippen molar-refractivity contribution in [2.24, 2.45) is 11.7 Å². The summed E-state index contributed by atoms with van der Waals surface area (Å²) in [7, 11) is 0. The van der Waals surface area contributed by atoms with Crippen molar-refractivity contribution in [2.45, 2.75) is 64.5 Å². The third-order valence-electron chi connectivity index (χ3n) is 3.86. The van der Waals surface area contributed by atoms with Crippen LogP contribution in [0, 0.1) is 5.92 Å². The van der Waals surface area contributed by atoms with Crippen molar-refractivity contribution < 1.29 is 20.9 Å². The molecule has 1 aliphatic rings. The quantitative estimate of drug-likeness (QED) is 0.669. The molecule has 0 spiro atoms. The fourth-order valence-electron chi connectivity index (χ4n) is 2.53. The summed E-state index contributed by atoms with van der Waals surface area (Å²) in [5.74, 6) is -1.31. The van der Waals surface area contributed by atoms with Gasteiger partial charge in [-0.15, -0.1) is 0 Å². The highest BCUT2D eigenvalue weighted by atomic mass is 16.3. The number of primary amides is 1. The molecule has 1 saturated carbocycles. The molecule has 2 rings (SSSR count). The molecule has 23 heavy (non-hydrogen) atoms. The van der Waals surface area contributed by atoms with Crippen molar-refractivity contribution >= 4 is 17.7 Å². The van der Waals surface area contributed by atoms with Crippen LogP contribution in [-0.2, 0) is 0 Å². The first kappa shape index (κ1) is 9.42. The highest BCUT2D eigenvalue weighted by molar-refractivity contribution is 5.97. The number of anilines is 2. The Morgan fingerprint density at radius 1 is 1.52 bits per heavy atom. The number of aromatic nitrogens is 2. The first-order valence-corrected chi connectivity index (χ1v) is 7.34. The number of carbonyl (C=O) groups is 1. The van der Waals surface area contributed by atoms with Gasteiger partial charge in [0.15, 0.2) is 0 Å². The minimum absolute atomic E-state index is 0.0618. The number of hydrogen-bond acceptors (Lipinski definition) is 6. The van der Waals surface area contributed by atoms with E-state index < -0.39 is 44.1 Å². The number of nitrogens with one attached hydrogen (secondary N) is 2. The average molecular weight is 329 g/mol. The Balaban J connectivity index is 2.45. The maximum atomic E-state index is 11.8. The molecule has 0 radical (unpaired) electrons. The molecule has 1 fully saturated rings. The fourth-order valence-corrected chi connectivity index (χ4v) is 2.53. The number of carbonyl (C=O) groups excluding carboxylic acids is 1. The summed E-state index contributed by atoms with van der Waals surface area (Å²) in [6.45, 7) is -6.98. The summed E-state index contributed by atoms with van der Waals surface area (Å²) in [4.78, 5) is 19.6. The monoisotopic (exact) mass is 329 g/mol. The van der Waals surface area contributed by atoms with Crippen LogP contribution in [0.2, 0.25) is 0 Å². The zero-order chi connectivity index (χ0) is 23.8. The summed E-state index contributed by atoms with van der Waals surface area (Å²) in [5, 5.41) is 15.3. The van der Waals surface area contributed by atoms with Crippen molar-refractivity contribution in [1.82, 2.24) is 9.97 Å². The van der Waals surface area contributed by atoms with Crippen LogP contribution in [0.1, 0.15) is 68.1 Å². The number of nitrogens with zero attached hydrogens (tertiary/aromatic N) is 2. The molecule has 7 heteroatoms. The van der Waals surface area contributed by atoms with Crippen LogP contribution in [0.15, 0.2) is 6.20 Å². The van der Waals surface area contributed by atoms with Gasteiger partial charge in [0.25, 0.3) is 5.91 Å². The van der Waals surface area contributed by atoms with Crippen molar-refractivity contribution in [2.75, 3.05) is 10.6 Å². The molecule has 0 saturated heterocycles. The van der Waals surface area contributed by atoms with Gasteiger partial charge >= 0.3 is 0 Å². The van der Waals surface area contributed by atoms with Gasteiger partial charge in [0.2, 0.25) is 5.95 Å². The Hall–Kier alpha value is -1.89. The number of rotatable bonds is 4. The molecule has 0 bridgehead atoms. The van der Waals surface area contributed by atoms with Crippen LogP contribution in [0.4, 0.5) is 11.8 Å². The third kappa shape index (κ3) is 4.79. The van der Waals surface area contributed by atoms with Crippen molar-refractivity contribution in [3.63, 3.8) is 0 Å². The zero-order valence-corrected chi connectivity index (χ0v) is 12.8. The van der Waals surface area contributed by atoms with Gasteiger partial charge in [-0.1, -0.05) is 6.92 Å². The van der Waals surface area contributed by atoms with E-state index in [1.165, 1.54) is 0 Å². The SMILES string of the molecule is [2H]C([2H])C(Nc1ncc(C(N)=O)c(NC2CCC(C)C(O)C2)n1)(C([2H])([2H])[2H])C([2H])([2H])[2H]. The molecular weight excluding hydrogens is 294 g/mol. The van der Waals surface area contributed by atoms with Crippen LogP contribution >= 0.6 is 0 Å². The van der Waals surface area contributed by atoms with Crippen LogP contribution in [0.3, 0.4) is 0 Å². The number of nitrogens with two attached hydrogens (primary N) is 1. The van der Waals surface area contributed by atoms with Gasteiger partial charge in [-0.3, -0.25) is 4.79 Å². The van der Waals surface area contributed by atoms with Gasteiger partial charge in [0.05, 0.1) is 11.7 Å². The van der Waals surface area contributed by atoms with E-state index in [1.807, 2.05) is 6.92 Å². The average Bonchev–Trinajstić information content (AvgIpc) is 2.60. The number of amides is 1. The topological polar surface area (TPSA) is 113 Å². The number of aliphatic hydroxyl groups is 1. The standard InChI is InChI=1S/C16H27N5O2/c1-9-5-6-10(7-12(9)22)19-14-11(13(17)23)8-18-15(20-14)21-16(2,3)4/h8-10,12,22H,5-7H2,1-4H3,(H2,17,23)(H2,18,19,20,21)/i2D2,3D3,4D3. The maximum absolute atomic E-state index is 11.8. The highest BCUT2D eigenvalue weighted by Crippen LogP contribution is 2.27. The normalized spacial score (nSPS) is 31.3. The molecule has 1 aromatic heterocycles. The molecule has 3 atom stereocenters. The summed E-state index contributed by atoms with van der Waals surface area (Å²) in [6, 6.07) is -0.262. The minimum Gasteiger partial charge on any atom is -0.393 e. The lowest BCUT2D eigenvalue weighted by atomic mass is 9.85. The van der Waals surface area contributed by atoms with E-state index in [1.54, 1.807) is 0 Å². The molecule has 0 aromatic carbocycles. The summed E-state index contributed by atoms with van der Waals surface area (Å²) in [5.41, 5.74) is 2.27. The van der Waals surface area contributed by atoms with E-state index in [9.17, 15) is 9.90 Å². The summed E-state index contributed by atoms with van der Waals surface area (Å²) >= 11 is 0. The lowest BCUT2D eigenvalue weighted by Crippen LogP contribution is -2.36. The maximum Gasteiger partial charge on any atom is 0.254 e. The van der Waals surface area contributed by atoms with Gasteiger partial charge < -0.3 is 21.5 Å². The number of hydrogen-bond donors (Lipinski definition) is 4. The molecule has 128 valence electrons. The zero-order valence-electron chi connectivity index (χ0n) is 20.8. The lowest BCUT2D eigenvalue weighted by Gasteiger charge is -2.32. The summed E-state index contributed by atoms with van der Waals surface area (Å²) in [6.07, 6.45) is 2.21. The molecule has 5 N–H and O–H groups in total. The molecule has 1 amide bonds. The van der Waals surface area contributed by atoms with E-state index in [0.29, 0.717) is 12.8 Å². The van der Waals surface area contributed by atoms with Crippen molar-refractivity contribution in [1.29, 1.82) is 0 Å². The molecule has 1 aromatic rings.